The summed E-state index contributed by atoms with van der Waals surface area (Å²) in [7, 11) is 0. The molecular weight excluding hydrogens is 192 g/mol. The summed E-state index contributed by atoms with van der Waals surface area (Å²) in [6.07, 6.45) is 2.58. The summed E-state index contributed by atoms with van der Waals surface area (Å²) in [5, 5.41) is 3.33. The van der Waals surface area contributed by atoms with E-state index in [9.17, 15) is 0 Å². The highest BCUT2D eigenvalue weighted by molar-refractivity contribution is 4.87. The molecule has 0 radical (unpaired) electrons. The third kappa shape index (κ3) is 2.04. The molecule has 0 spiro atoms. The highest BCUT2D eigenvalue weighted by atomic mass is 16.7. The van der Waals surface area contributed by atoms with Crippen LogP contribution in [-0.4, -0.2) is 56.6 Å². The van der Waals surface area contributed by atoms with Crippen LogP contribution in [0.3, 0.4) is 0 Å². The molecule has 3 rings (SSSR count). The molecule has 3 fully saturated rings. The van der Waals surface area contributed by atoms with E-state index in [1.54, 1.807) is 0 Å². The largest absolute Gasteiger partial charge is 0.350 e. The second-order valence-electron chi connectivity index (χ2n) is 4.80. The Morgan fingerprint density at radius 3 is 2.20 bits per heavy atom. The van der Waals surface area contributed by atoms with Crippen molar-refractivity contribution in [3.8, 4) is 0 Å². The molecule has 3 aliphatic heterocycles. The Morgan fingerprint density at radius 1 is 1.00 bits per heavy atom. The molecule has 0 bridgehead atoms. The first-order valence-electron chi connectivity index (χ1n) is 6.11. The minimum absolute atomic E-state index is 0.103. The summed E-state index contributed by atoms with van der Waals surface area (Å²) in [6, 6.07) is 0.802. The first-order valence-corrected chi connectivity index (χ1v) is 6.11. The Bertz CT molecular complexity index is 207. The summed E-state index contributed by atoms with van der Waals surface area (Å²) in [5.41, 5.74) is 0. The van der Waals surface area contributed by atoms with Crippen molar-refractivity contribution in [2.75, 3.05) is 39.4 Å². The van der Waals surface area contributed by atoms with Gasteiger partial charge in [0.25, 0.3) is 0 Å². The summed E-state index contributed by atoms with van der Waals surface area (Å²) in [4.78, 5) is 2.61. The van der Waals surface area contributed by atoms with Gasteiger partial charge in [0, 0.05) is 25.0 Å². The van der Waals surface area contributed by atoms with Crippen LogP contribution in [0.2, 0.25) is 0 Å². The molecule has 86 valence electrons. The minimum atomic E-state index is 0.103. The van der Waals surface area contributed by atoms with Crippen molar-refractivity contribution in [1.29, 1.82) is 0 Å². The fourth-order valence-electron chi connectivity index (χ4n) is 2.74. The van der Waals surface area contributed by atoms with Crippen LogP contribution in [0.15, 0.2) is 0 Å². The fourth-order valence-corrected chi connectivity index (χ4v) is 2.74. The van der Waals surface area contributed by atoms with Crippen molar-refractivity contribution in [3.05, 3.63) is 0 Å². The lowest BCUT2D eigenvalue weighted by molar-refractivity contribution is -0.100. The van der Waals surface area contributed by atoms with Gasteiger partial charge >= 0.3 is 0 Å². The fraction of sp³-hybridized carbons (Fsp3) is 1.00. The van der Waals surface area contributed by atoms with Gasteiger partial charge in [0.2, 0.25) is 0 Å². The van der Waals surface area contributed by atoms with Crippen LogP contribution in [0.5, 0.6) is 0 Å². The molecule has 15 heavy (non-hydrogen) atoms. The molecular formula is C11H20N2O2. The first kappa shape index (κ1) is 10.0. The Balaban J connectivity index is 1.47. The van der Waals surface area contributed by atoms with Crippen LogP contribution in [0.1, 0.15) is 12.8 Å². The van der Waals surface area contributed by atoms with E-state index in [-0.39, 0.29) is 6.29 Å². The van der Waals surface area contributed by atoms with Crippen LogP contribution in [0.4, 0.5) is 0 Å². The number of rotatable bonds is 2. The number of ether oxygens (including phenoxy) is 2. The van der Waals surface area contributed by atoms with E-state index in [0.29, 0.717) is 5.92 Å². The predicted octanol–water partition coefficient (Wildman–Crippen LogP) is 0.0431. The average molecular weight is 212 g/mol. The predicted molar refractivity (Wildman–Crippen MR) is 56.6 cm³/mol. The second-order valence-corrected chi connectivity index (χ2v) is 4.80. The smallest absolute Gasteiger partial charge is 0.160 e. The van der Waals surface area contributed by atoms with E-state index in [4.69, 9.17) is 9.47 Å². The van der Waals surface area contributed by atoms with E-state index in [1.165, 1.54) is 39.0 Å². The Kier molecular flexibility index (Phi) is 2.92. The van der Waals surface area contributed by atoms with Crippen LogP contribution in [0.25, 0.3) is 0 Å². The Hall–Kier alpha value is -0.160. The van der Waals surface area contributed by atoms with Crippen molar-refractivity contribution < 1.29 is 9.47 Å². The zero-order chi connectivity index (χ0) is 10.1. The number of piperidine rings is 1. The van der Waals surface area contributed by atoms with Crippen LogP contribution in [0, 0.1) is 5.92 Å². The molecule has 3 aliphatic rings. The van der Waals surface area contributed by atoms with Crippen molar-refractivity contribution in [2.45, 2.75) is 25.2 Å². The van der Waals surface area contributed by atoms with Gasteiger partial charge in [-0.05, 0) is 25.9 Å². The van der Waals surface area contributed by atoms with Gasteiger partial charge in [-0.25, -0.2) is 0 Å². The second kappa shape index (κ2) is 4.37. The van der Waals surface area contributed by atoms with Gasteiger partial charge in [-0.15, -0.1) is 0 Å². The normalized spacial score (nSPS) is 32.0. The summed E-state index contributed by atoms with van der Waals surface area (Å²) in [5.74, 6) is 0.636. The van der Waals surface area contributed by atoms with Gasteiger partial charge in [-0.3, -0.25) is 4.90 Å². The number of hydrogen-bond acceptors (Lipinski definition) is 4. The zero-order valence-electron chi connectivity index (χ0n) is 9.15. The van der Waals surface area contributed by atoms with E-state index >= 15 is 0 Å². The average Bonchev–Trinajstić information content (AvgIpc) is 2.69. The zero-order valence-corrected chi connectivity index (χ0v) is 9.15. The maximum Gasteiger partial charge on any atom is 0.160 e. The molecule has 0 atom stereocenters. The van der Waals surface area contributed by atoms with Gasteiger partial charge in [-0.2, -0.15) is 0 Å². The molecule has 0 aliphatic carbocycles. The van der Waals surface area contributed by atoms with Crippen LogP contribution < -0.4 is 5.32 Å². The molecule has 1 N–H and O–H groups in total. The third-order valence-electron chi connectivity index (χ3n) is 3.88. The van der Waals surface area contributed by atoms with Gasteiger partial charge in [-0.1, -0.05) is 0 Å². The molecule has 3 heterocycles. The molecule has 0 aromatic rings. The quantitative estimate of drug-likeness (QED) is 0.701. The number of hydrogen-bond donors (Lipinski definition) is 1. The Morgan fingerprint density at radius 2 is 1.67 bits per heavy atom. The van der Waals surface area contributed by atoms with E-state index in [2.05, 4.69) is 10.2 Å². The Labute approximate surface area is 90.9 Å². The molecule has 4 nitrogen and oxygen atoms in total. The first-order chi connectivity index (χ1) is 7.43. The van der Waals surface area contributed by atoms with Gasteiger partial charge in [0.1, 0.15) is 0 Å². The monoisotopic (exact) mass is 212 g/mol. The SMILES string of the molecule is C1COC(C2CCN(C3CNC3)CC2)O1. The lowest BCUT2D eigenvalue weighted by Gasteiger charge is -2.42. The minimum Gasteiger partial charge on any atom is -0.350 e. The van der Waals surface area contributed by atoms with E-state index in [0.717, 1.165) is 19.3 Å². The maximum atomic E-state index is 5.58. The third-order valence-corrected chi connectivity index (χ3v) is 3.88. The lowest BCUT2D eigenvalue weighted by Crippen LogP contribution is -2.59. The van der Waals surface area contributed by atoms with Gasteiger partial charge < -0.3 is 14.8 Å². The molecule has 0 aromatic heterocycles. The number of nitrogens with zero attached hydrogens (tertiary/aromatic N) is 1. The molecule has 0 amide bonds. The molecule has 4 heteroatoms. The summed E-state index contributed by atoms with van der Waals surface area (Å²) < 4.78 is 11.2. The van der Waals surface area contributed by atoms with Gasteiger partial charge in [0.05, 0.1) is 13.2 Å². The lowest BCUT2D eigenvalue weighted by atomic mass is 9.94. The molecule has 0 unspecified atom stereocenters. The summed E-state index contributed by atoms with van der Waals surface area (Å²) in [6.45, 7) is 6.39. The molecule has 0 saturated carbocycles. The topological polar surface area (TPSA) is 33.7 Å². The molecule has 0 aromatic carbocycles. The highest BCUT2D eigenvalue weighted by Crippen LogP contribution is 2.27. The van der Waals surface area contributed by atoms with Crippen LogP contribution >= 0.6 is 0 Å². The van der Waals surface area contributed by atoms with E-state index in [1.807, 2.05) is 0 Å². The van der Waals surface area contributed by atoms with E-state index < -0.39 is 0 Å². The van der Waals surface area contributed by atoms with Crippen molar-refractivity contribution in [3.63, 3.8) is 0 Å². The van der Waals surface area contributed by atoms with Crippen molar-refractivity contribution in [1.82, 2.24) is 10.2 Å². The number of likely N-dealkylation sites (tertiary alicyclic amines) is 1. The maximum absolute atomic E-state index is 5.58. The van der Waals surface area contributed by atoms with Crippen LogP contribution in [-0.2, 0) is 9.47 Å². The van der Waals surface area contributed by atoms with Crippen molar-refractivity contribution >= 4 is 0 Å². The van der Waals surface area contributed by atoms with Gasteiger partial charge in [0.15, 0.2) is 6.29 Å². The number of nitrogens with one attached hydrogen (secondary N) is 1. The summed E-state index contributed by atoms with van der Waals surface area (Å²) >= 11 is 0. The van der Waals surface area contributed by atoms with Crippen molar-refractivity contribution in [2.24, 2.45) is 5.92 Å². The standard InChI is InChI=1S/C11H20N2O2/c1-3-13(10-7-12-8-10)4-2-9(1)11-14-5-6-15-11/h9-12H,1-8H2. The highest BCUT2D eigenvalue weighted by Gasteiger charge is 2.33. The molecule has 3 saturated heterocycles.